The van der Waals surface area contributed by atoms with Gasteiger partial charge in [0.2, 0.25) is 5.91 Å². The van der Waals surface area contributed by atoms with Gasteiger partial charge in [0, 0.05) is 32.2 Å². The molecule has 0 spiro atoms. The Labute approximate surface area is 277 Å². The minimum absolute atomic E-state index is 0.0851. The molecule has 1 amide bonds. The molecule has 1 aliphatic rings. The summed E-state index contributed by atoms with van der Waals surface area (Å²) < 4.78 is 19.0. The predicted octanol–water partition coefficient (Wildman–Crippen LogP) is 5.35. The molecule has 0 aliphatic carbocycles. The summed E-state index contributed by atoms with van der Waals surface area (Å²) in [6.45, 7) is 23.8. The summed E-state index contributed by atoms with van der Waals surface area (Å²) in [6.07, 6.45) is 0.537. The first-order valence-electron chi connectivity index (χ1n) is 16.2. The van der Waals surface area contributed by atoms with Gasteiger partial charge in [-0.25, -0.2) is 0 Å². The normalized spacial score (nSPS) is 18.5. The number of nitrogens with zero attached hydrogens (tertiary/aromatic N) is 1. The van der Waals surface area contributed by atoms with Crippen LogP contribution in [0.2, 0.25) is 5.04 Å². The molecule has 252 valence electrons. The number of nitrogens with one attached hydrogen (secondary N) is 1. The van der Waals surface area contributed by atoms with Crippen molar-refractivity contribution in [1.82, 2.24) is 10.2 Å². The second-order valence-corrected chi connectivity index (χ2v) is 19.7. The third-order valence-corrected chi connectivity index (χ3v) is 12.9. The van der Waals surface area contributed by atoms with Gasteiger partial charge in [-0.15, -0.1) is 0 Å². The van der Waals surface area contributed by atoms with E-state index < -0.39 is 43.5 Å². The van der Waals surface area contributed by atoms with Crippen LogP contribution in [0.15, 0.2) is 72.9 Å². The van der Waals surface area contributed by atoms with Crippen molar-refractivity contribution in [3.8, 4) is 0 Å². The lowest BCUT2D eigenvalue weighted by atomic mass is 10.1. The number of carbonyl (C=O) groups excluding carboxylic acids is 3. The molecule has 9 heteroatoms. The molecule has 3 rings (SSSR count). The van der Waals surface area contributed by atoms with E-state index in [4.69, 9.17) is 13.9 Å². The number of likely N-dealkylation sites (tertiary alicyclic amines) is 1. The standard InChI is InChI=1S/C37H54N2O6Si/c1-26(38-27(2)40)22-31(33(41)44-35(3,4)5)39-24-28(23-32(39)34(42)45-36(6,7)8)25-43-46(37(9,10)11,29-18-14-12-15-19-29)30-20-16-13-17-21-30/h12-21,28,31-32H,1,22-25H2,2-11H3,(H,38,40)/t28?,31-,32?/m1/s1. The maximum Gasteiger partial charge on any atom is 0.324 e. The van der Waals surface area contributed by atoms with Crippen LogP contribution in [0.5, 0.6) is 0 Å². The number of benzene rings is 2. The fraction of sp³-hybridized carbons (Fsp3) is 0.541. The zero-order valence-corrected chi connectivity index (χ0v) is 30.4. The molecule has 0 aromatic heterocycles. The van der Waals surface area contributed by atoms with Crippen molar-refractivity contribution in [2.45, 2.75) is 110 Å². The van der Waals surface area contributed by atoms with Gasteiger partial charge in [-0.2, -0.15) is 0 Å². The third-order valence-electron chi connectivity index (χ3n) is 7.93. The zero-order chi connectivity index (χ0) is 34.5. The molecule has 1 heterocycles. The lowest BCUT2D eigenvalue weighted by Crippen LogP contribution is -2.67. The molecule has 1 aliphatic heterocycles. The molecule has 46 heavy (non-hydrogen) atoms. The lowest BCUT2D eigenvalue weighted by molar-refractivity contribution is -0.167. The van der Waals surface area contributed by atoms with E-state index in [1.165, 1.54) is 17.3 Å². The van der Waals surface area contributed by atoms with Crippen LogP contribution in [0, 0.1) is 5.92 Å². The van der Waals surface area contributed by atoms with Gasteiger partial charge in [0.15, 0.2) is 0 Å². The van der Waals surface area contributed by atoms with E-state index in [1.54, 1.807) is 20.8 Å². The highest BCUT2D eigenvalue weighted by atomic mass is 28.4. The fourth-order valence-corrected chi connectivity index (χ4v) is 10.9. The molecule has 8 nitrogen and oxygen atoms in total. The molecule has 1 saturated heterocycles. The molecule has 0 saturated carbocycles. The fourth-order valence-electron chi connectivity index (χ4n) is 6.26. The zero-order valence-electron chi connectivity index (χ0n) is 29.4. The first-order valence-corrected chi connectivity index (χ1v) is 18.1. The maximum atomic E-state index is 13.8. The smallest absolute Gasteiger partial charge is 0.324 e. The Hall–Kier alpha value is -3.27. The third kappa shape index (κ3) is 9.62. The van der Waals surface area contributed by atoms with E-state index in [9.17, 15) is 14.4 Å². The average molecular weight is 651 g/mol. The molecule has 1 fully saturated rings. The number of rotatable bonds is 11. The Bertz CT molecular complexity index is 1320. The van der Waals surface area contributed by atoms with Gasteiger partial charge in [0.1, 0.15) is 23.3 Å². The number of amides is 1. The van der Waals surface area contributed by atoms with Gasteiger partial charge in [0.05, 0.1) is 0 Å². The van der Waals surface area contributed by atoms with E-state index in [0.717, 1.165) is 0 Å². The number of carbonyl (C=O) groups is 3. The van der Waals surface area contributed by atoms with E-state index >= 15 is 0 Å². The number of esters is 2. The summed E-state index contributed by atoms with van der Waals surface area (Å²) in [5.74, 6) is -1.26. The molecule has 0 radical (unpaired) electrons. The summed E-state index contributed by atoms with van der Waals surface area (Å²) in [7, 11) is -2.84. The highest BCUT2D eigenvalue weighted by molar-refractivity contribution is 6.99. The highest BCUT2D eigenvalue weighted by Crippen LogP contribution is 2.38. The van der Waals surface area contributed by atoms with Crippen molar-refractivity contribution in [2.75, 3.05) is 13.2 Å². The van der Waals surface area contributed by atoms with Gasteiger partial charge >= 0.3 is 11.9 Å². The molecular formula is C37H54N2O6Si. The van der Waals surface area contributed by atoms with Crippen molar-refractivity contribution in [1.29, 1.82) is 0 Å². The number of ether oxygens (including phenoxy) is 2. The molecule has 1 N–H and O–H groups in total. The van der Waals surface area contributed by atoms with E-state index in [1.807, 2.05) is 37.8 Å². The van der Waals surface area contributed by atoms with Crippen molar-refractivity contribution in [2.24, 2.45) is 5.92 Å². The van der Waals surface area contributed by atoms with Gasteiger partial charge in [0.25, 0.3) is 8.32 Å². The Kier molecular flexibility index (Phi) is 11.8. The molecule has 2 aromatic rings. The first-order chi connectivity index (χ1) is 21.2. The van der Waals surface area contributed by atoms with E-state index in [0.29, 0.717) is 25.3 Å². The topological polar surface area (TPSA) is 94.2 Å². The van der Waals surface area contributed by atoms with Crippen molar-refractivity contribution < 1.29 is 28.3 Å². The average Bonchev–Trinajstić information content (AvgIpc) is 3.34. The van der Waals surface area contributed by atoms with Crippen molar-refractivity contribution >= 4 is 36.5 Å². The maximum absolute atomic E-state index is 13.8. The summed E-state index contributed by atoms with van der Waals surface area (Å²) in [5, 5.41) is 4.83. The second kappa shape index (κ2) is 14.7. The van der Waals surface area contributed by atoms with Crippen molar-refractivity contribution in [3.05, 3.63) is 72.9 Å². The molecule has 3 atom stereocenters. The molecule has 0 bridgehead atoms. The summed E-state index contributed by atoms with van der Waals surface area (Å²) in [4.78, 5) is 41.2. The van der Waals surface area contributed by atoms with Crippen molar-refractivity contribution in [3.63, 3.8) is 0 Å². The number of hydrogen-bond donors (Lipinski definition) is 1. The van der Waals surface area contributed by atoms with Crippen LogP contribution < -0.4 is 15.7 Å². The molecule has 2 unspecified atom stereocenters. The van der Waals surface area contributed by atoms with Crippen LogP contribution in [0.4, 0.5) is 0 Å². The van der Waals surface area contributed by atoms with Gasteiger partial charge in [-0.05, 0) is 69.3 Å². The van der Waals surface area contributed by atoms with Crippen LogP contribution >= 0.6 is 0 Å². The Morgan fingerprint density at radius 3 is 1.80 bits per heavy atom. The first kappa shape index (κ1) is 37.2. The molecule has 2 aromatic carbocycles. The van der Waals surface area contributed by atoms with Gasteiger partial charge < -0.3 is 19.2 Å². The highest BCUT2D eigenvalue weighted by Gasteiger charge is 2.52. The Morgan fingerprint density at radius 1 is 0.870 bits per heavy atom. The Morgan fingerprint density at radius 2 is 1.37 bits per heavy atom. The summed E-state index contributed by atoms with van der Waals surface area (Å²) in [5.41, 5.74) is -1.09. The number of hydrogen-bond acceptors (Lipinski definition) is 7. The van der Waals surface area contributed by atoms with Gasteiger partial charge in [-0.3, -0.25) is 19.3 Å². The van der Waals surface area contributed by atoms with Crippen LogP contribution in [0.1, 0.15) is 82.1 Å². The lowest BCUT2D eigenvalue weighted by Gasteiger charge is -2.43. The van der Waals surface area contributed by atoms with Crippen LogP contribution in [-0.2, 0) is 28.3 Å². The quantitative estimate of drug-likeness (QED) is 0.259. The van der Waals surface area contributed by atoms with Crippen LogP contribution in [0.3, 0.4) is 0 Å². The van der Waals surface area contributed by atoms with Crippen LogP contribution in [-0.4, -0.2) is 67.5 Å². The summed E-state index contributed by atoms with van der Waals surface area (Å²) >= 11 is 0. The Balaban J connectivity index is 2.04. The largest absolute Gasteiger partial charge is 0.459 e. The van der Waals surface area contributed by atoms with Gasteiger partial charge in [-0.1, -0.05) is 88.0 Å². The SMILES string of the molecule is C=C(C[C@H](C(=O)OC(C)(C)C)N1CC(CO[Si](c2ccccc2)(c2ccccc2)C(C)(C)C)CC1C(=O)OC(C)(C)C)NC(C)=O. The predicted molar refractivity (Wildman–Crippen MR) is 185 cm³/mol. The second-order valence-electron chi connectivity index (χ2n) is 15.4. The van der Waals surface area contributed by atoms with E-state index in [-0.39, 0.29) is 23.3 Å². The van der Waals surface area contributed by atoms with E-state index in [2.05, 4.69) is 81.2 Å². The monoisotopic (exact) mass is 650 g/mol. The molecular weight excluding hydrogens is 597 g/mol. The minimum atomic E-state index is -2.84. The summed E-state index contributed by atoms with van der Waals surface area (Å²) in [6, 6.07) is 19.3. The van der Waals surface area contributed by atoms with Crippen LogP contribution in [0.25, 0.3) is 0 Å². The minimum Gasteiger partial charge on any atom is -0.459 e.